The predicted octanol–water partition coefficient (Wildman–Crippen LogP) is 0.485. The molecule has 0 saturated heterocycles. The van der Waals surface area contributed by atoms with E-state index in [-0.39, 0.29) is 0 Å². The Balaban J connectivity index is 3.06. The lowest BCUT2D eigenvalue weighted by atomic mass is 10.1. The van der Waals surface area contributed by atoms with Gasteiger partial charge in [-0.15, -0.1) is 0 Å². The minimum atomic E-state index is 0.539. The molecule has 0 aliphatic rings. The molecule has 3 heteroatoms. The Morgan fingerprint density at radius 3 is 2.64 bits per heavy atom. The first kappa shape index (κ1) is 7.47. The number of hydrogen-bond donors (Lipinski definition) is 3. The Morgan fingerprint density at radius 1 is 1.36 bits per heavy atom. The molecular formula is C8H11N3. The summed E-state index contributed by atoms with van der Waals surface area (Å²) in [5, 5.41) is 0. The summed E-state index contributed by atoms with van der Waals surface area (Å²) in [6.45, 7) is 0. The Kier molecular flexibility index (Phi) is 2.01. The maximum atomic E-state index is 5.54. The Labute approximate surface area is 65.5 Å². The molecule has 58 valence electrons. The van der Waals surface area contributed by atoms with Crippen molar-refractivity contribution in [2.24, 2.45) is 11.5 Å². The third kappa shape index (κ3) is 1.64. The fourth-order valence-corrected chi connectivity index (χ4v) is 0.814. The van der Waals surface area contributed by atoms with E-state index in [2.05, 4.69) is 0 Å². The summed E-state index contributed by atoms with van der Waals surface area (Å²) in [6, 6.07) is 7.27. The van der Waals surface area contributed by atoms with Crippen molar-refractivity contribution in [2.45, 2.75) is 0 Å². The highest BCUT2D eigenvalue weighted by Crippen LogP contribution is 2.11. The van der Waals surface area contributed by atoms with Crippen LogP contribution in [0, 0.1) is 0 Å². The van der Waals surface area contributed by atoms with Gasteiger partial charge in [0.05, 0.1) is 5.70 Å². The molecule has 0 spiro atoms. The Hall–Kier alpha value is -1.64. The van der Waals surface area contributed by atoms with Crippen LogP contribution in [0.2, 0.25) is 0 Å². The standard InChI is InChI=1S/C8H11N3/c9-5-8(11)6-2-1-3-7(10)4-6/h1-5H,9-11H2/b8-5-. The van der Waals surface area contributed by atoms with Gasteiger partial charge in [0.15, 0.2) is 0 Å². The summed E-state index contributed by atoms with van der Waals surface area (Å²) >= 11 is 0. The molecule has 0 fully saturated rings. The van der Waals surface area contributed by atoms with Gasteiger partial charge in [0.2, 0.25) is 0 Å². The molecule has 0 saturated carbocycles. The normalized spacial score (nSPS) is 11.5. The van der Waals surface area contributed by atoms with E-state index in [4.69, 9.17) is 17.2 Å². The van der Waals surface area contributed by atoms with Crippen LogP contribution in [0.1, 0.15) is 5.56 Å². The van der Waals surface area contributed by atoms with Gasteiger partial charge in [0, 0.05) is 17.5 Å². The summed E-state index contributed by atoms with van der Waals surface area (Å²) in [5.74, 6) is 0. The van der Waals surface area contributed by atoms with Crippen LogP contribution in [0.3, 0.4) is 0 Å². The quantitative estimate of drug-likeness (QED) is 0.508. The van der Waals surface area contributed by atoms with Crippen LogP contribution in [0.4, 0.5) is 5.69 Å². The van der Waals surface area contributed by atoms with Gasteiger partial charge in [0.25, 0.3) is 0 Å². The second-order valence-electron chi connectivity index (χ2n) is 2.25. The fraction of sp³-hybridized carbons (Fsp3) is 0. The van der Waals surface area contributed by atoms with Gasteiger partial charge in [-0.25, -0.2) is 0 Å². The molecular weight excluding hydrogens is 138 g/mol. The van der Waals surface area contributed by atoms with Gasteiger partial charge < -0.3 is 17.2 Å². The number of nitrogen functional groups attached to an aromatic ring is 1. The number of anilines is 1. The van der Waals surface area contributed by atoms with E-state index in [1.165, 1.54) is 6.20 Å². The number of rotatable bonds is 1. The zero-order chi connectivity index (χ0) is 8.27. The molecule has 3 nitrogen and oxygen atoms in total. The lowest BCUT2D eigenvalue weighted by Gasteiger charge is -2.00. The van der Waals surface area contributed by atoms with Crippen LogP contribution in [0.25, 0.3) is 5.70 Å². The van der Waals surface area contributed by atoms with Crippen molar-refractivity contribution in [3.8, 4) is 0 Å². The van der Waals surface area contributed by atoms with Gasteiger partial charge in [-0.05, 0) is 12.1 Å². The Morgan fingerprint density at radius 2 is 2.09 bits per heavy atom. The summed E-state index contributed by atoms with van der Waals surface area (Å²) in [4.78, 5) is 0. The Bertz CT molecular complexity index is 278. The SMILES string of the molecule is N/C=C(\N)c1cccc(N)c1. The van der Waals surface area contributed by atoms with E-state index in [1.54, 1.807) is 12.1 Å². The summed E-state index contributed by atoms with van der Waals surface area (Å²) < 4.78 is 0. The second kappa shape index (κ2) is 2.96. The van der Waals surface area contributed by atoms with Crippen molar-refractivity contribution < 1.29 is 0 Å². The van der Waals surface area contributed by atoms with Gasteiger partial charge >= 0.3 is 0 Å². The molecule has 6 N–H and O–H groups in total. The highest BCUT2D eigenvalue weighted by atomic mass is 14.6. The summed E-state index contributed by atoms with van der Waals surface area (Å²) in [6.07, 6.45) is 1.36. The van der Waals surface area contributed by atoms with Crippen LogP contribution in [-0.2, 0) is 0 Å². The molecule has 0 heterocycles. The highest BCUT2D eigenvalue weighted by molar-refractivity contribution is 5.65. The van der Waals surface area contributed by atoms with E-state index >= 15 is 0 Å². The molecule has 0 radical (unpaired) electrons. The van der Waals surface area contributed by atoms with Crippen LogP contribution < -0.4 is 17.2 Å². The zero-order valence-electron chi connectivity index (χ0n) is 6.12. The van der Waals surface area contributed by atoms with E-state index in [9.17, 15) is 0 Å². The zero-order valence-corrected chi connectivity index (χ0v) is 6.12. The molecule has 0 aromatic heterocycles. The van der Waals surface area contributed by atoms with Crippen molar-refractivity contribution >= 4 is 11.4 Å². The third-order valence-electron chi connectivity index (χ3n) is 1.40. The van der Waals surface area contributed by atoms with E-state index < -0.39 is 0 Å². The first-order chi connectivity index (χ1) is 5.24. The van der Waals surface area contributed by atoms with Gasteiger partial charge in [-0.2, -0.15) is 0 Å². The van der Waals surface area contributed by atoms with Crippen LogP contribution in [-0.4, -0.2) is 0 Å². The van der Waals surface area contributed by atoms with Crippen molar-refractivity contribution in [3.05, 3.63) is 36.0 Å². The number of nitrogens with two attached hydrogens (primary N) is 3. The lowest BCUT2D eigenvalue weighted by molar-refractivity contribution is 1.46. The third-order valence-corrected chi connectivity index (χ3v) is 1.40. The fourth-order valence-electron chi connectivity index (χ4n) is 0.814. The molecule has 0 aliphatic heterocycles. The monoisotopic (exact) mass is 149 g/mol. The maximum Gasteiger partial charge on any atom is 0.0545 e. The number of benzene rings is 1. The highest BCUT2D eigenvalue weighted by Gasteiger charge is 1.93. The molecule has 11 heavy (non-hydrogen) atoms. The van der Waals surface area contributed by atoms with Crippen molar-refractivity contribution in [1.29, 1.82) is 0 Å². The summed E-state index contributed by atoms with van der Waals surface area (Å²) in [5.41, 5.74) is 18.4. The van der Waals surface area contributed by atoms with Crippen molar-refractivity contribution in [1.82, 2.24) is 0 Å². The van der Waals surface area contributed by atoms with Crippen LogP contribution in [0.15, 0.2) is 30.5 Å². The number of hydrogen-bond acceptors (Lipinski definition) is 3. The van der Waals surface area contributed by atoms with E-state index in [1.807, 2.05) is 12.1 Å². The van der Waals surface area contributed by atoms with Crippen molar-refractivity contribution in [2.75, 3.05) is 5.73 Å². The molecule has 0 unspecified atom stereocenters. The predicted molar refractivity (Wildman–Crippen MR) is 47.2 cm³/mol. The van der Waals surface area contributed by atoms with Crippen LogP contribution in [0.5, 0.6) is 0 Å². The van der Waals surface area contributed by atoms with Crippen LogP contribution >= 0.6 is 0 Å². The molecule has 0 aliphatic carbocycles. The molecule has 1 rings (SSSR count). The maximum absolute atomic E-state index is 5.54. The molecule has 0 bridgehead atoms. The minimum Gasteiger partial charge on any atom is -0.403 e. The van der Waals surface area contributed by atoms with Gasteiger partial charge in [-0.1, -0.05) is 12.1 Å². The van der Waals surface area contributed by atoms with Gasteiger partial charge in [-0.3, -0.25) is 0 Å². The lowest BCUT2D eigenvalue weighted by Crippen LogP contribution is -1.99. The average molecular weight is 149 g/mol. The van der Waals surface area contributed by atoms with Gasteiger partial charge in [0.1, 0.15) is 0 Å². The largest absolute Gasteiger partial charge is 0.403 e. The summed E-state index contributed by atoms with van der Waals surface area (Å²) in [7, 11) is 0. The second-order valence-corrected chi connectivity index (χ2v) is 2.25. The molecule has 1 aromatic rings. The average Bonchev–Trinajstić information content (AvgIpc) is 2.03. The molecule has 0 amide bonds. The first-order valence-electron chi connectivity index (χ1n) is 3.27. The van der Waals surface area contributed by atoms with E-state index in [0.717, 1.165) is 5.56 Å². The minimum absolute atomic E-state index is 0.539. The van der Waals surface area contributed by atoms with Crippen molar-refractivity contribution in [3.63, 3.8) is 0 Å². The molecule has 1 aromatic carbocycles. The first-order valence-corrected chi connectivity index (χ1v) is 3.27. The van der Waals surface area contributed by atoms with E-state index in [0.29, 0.717) is 11.4 Å². The topological polar surface area (TPSA) is 78.1 Å². The smallest absolute Gasteiger partial charge is 0.0545 e. The molecule has 0 atom stereocenters.